The van der Waals surface area contributed by atoms with Crippen molar-refractivity contribution in [1.29, 1.82) is 0 Å². The van der Waals surface area contributed by atoms with Gasteiger partial charge in [-0.2, -0.15) is 0 Å². The van der Waals surface area contributed by atoms with Crippen LogP contribution in [0.4, 0.5) is 10.5 Å². The van der Waals surface area contributed by atoms with Gasteiger partial charge in [0.2, 0.25) is 0 Å². The van der Waals surface area contributed by atoms with E-state index in [1.807, 2.05) is 25.1 Å². The Labute approximate surface area is 151 Å². The van der Waals surface area contributed by atoms with Gasteiger partial charge in [0, 0.05) is 18.6 Å². The van der Waals surface area contributed by atoms with E-state index in [0.717, 1.165) is 17.5 Å². The molecule has 2 N–H and O–H groups in total. The fourth-order valence-corrected chi connectivity index (χ4v) is 2.68. The first-order chi connectivity index (χ1) is 12.2. The van der Waals surface area contributed by atoms with Crippen LogP contribution in [0, 0.1) is 10.1 Å². The Morgan fingerprint density at radius 1 is 1.19 bits per heavy atom. The van der Waals surface area contributed by atoms with E-state index in [1.165, 1.54) is 12.1 Å². The number of non-ortho nitro benzene ring substituents is 1. The lowest BCUT2D eigenvalue weighted by Crippen LogP contribution is -2.33. The summed E-state index contributed by atoms with van der Waals surface area (Å²) >= 11 is 0. The molecular formula is C19H22N2O5. The molecule has 0 fully saturated rings. The summed E-state index contributed by atoms with van der Waals surface area (Å²) in [6.45, 7) is 5.60. The number of carbonyl (C=O) groups excluding carboxylic acids is 1. The summed E-state index contributed by atoms with van der Waals surface area (Å²) in [5, 5.41) is 10.7. The number of aryl methyl sites for hydroxylation is 1. The number of hydrogen-bond donors (Lipinski definition) is 1. The van der Waals surface area contributed by atoms with E-state index in [1.54, 1.807) is 26.0 Å². The molecule has 0 spiro atoms. The Balaban J connectivity index is 2.17. The molecule has 0 bridgehead atoms. The molecule has 0 aliphatic rings. The van der Waals surface area contributed by atoms with Gasteiger partial charge in [-0.3, -0.25) is 10.1 Å². The number of nitrogens with two attached hydrogens (primary N) is 1. The highest BCUT2D eigenvalue weighted by Gasteiger charge is 2.22. The second-order valence-electron chi connectivity index (χ2n) is 6.51. The molecule has 0 aromatic heterocycles. The number of carbonyl (C=O) groups is 1. The number of ether oxygens (including phenoxy) is 2. The Kier molecular flexibility index (Phi) is 5.82. The van der Waals surface area contributed by atoms with Crippen LogP contribution < -0.4 is 10.5 Å². The van der Waals surface area contributed by atoms with Gasteiger partial charge in [0.15, 0.2) is 0 Å². The lowest BCUT2D eigenvalue weighted by molar-refractivity contribution is -0.384. The Hall–Kier alpha value is -3.09. The molecule has 2 rings (SSSR count). The van der Waals surface area contributed by atoms with Crippen molar-refractivity contribution >= 4 is 11.8 Å². The van der Waals surface area contributed by atoms with Gasteiger partial charge in [0.05, 0.1) is 4.92 Å². The number of nitro benzene ring substituents is 1. The molecule has 0 saturated carbocycles. The third-order valence-corrected chi connectivity index (χ3v) is 3.79. The number of hydrogen-bond acceptors (Lipinski definition) is 5. The first-order valence-electron chi connectivity index (χ1n) is 8.23. The van der Waals surface area contributed by atoms with Gasteiger partial charge in [0.25, 0.3) is 5.69 Å². The summed E-state index contributed by atoms with van der Waals surface area (Å²) in [5.74, 6) is 1.20. The summed E-state index contributed by atoms with van der Waals surface area (Å²) in [5.41, 5.74) is 6.38. The SMILES string of the molecule is CCc1cc(CC(C)(C)OC(N)=O)ccc1Oc1ccc([N+](=O)[O-])cc1. The lowest BCUT2D eigenvalue weighted by atomic mass is 9.96. The average Bonchev–Trinajstić information content (AvgIpc) is 2.55. The number of benzene rings is 2. The smallest absolute Gasteiger partial charge is 0.405 e. The maximum atomic E-state index is 11.0. The molecule has 0 atom stereocenters. The van der Waals surface area contributed by atoms with E-state index in [0.29, 0.717) is 17.9 Å². The Morgan fingerprint density at radius 2 is 1.85 bits per heavy atom. The van der Waals surface area contributed by atoms with Crippen LogP contribution >= 0.6 is 0 Å². The highest BCUT2D eigenvalue weighted by molar-refractivity contribution is 5.65. The van der Waals surface area contributed by atoms with Crippen LogP contribution in [0.2, 0.25) is 0 Å². The van der Waals surface area contributed by atoms with Crippen molar-refractivity contribution in [3.05, 3.63) is 63.7 Å². The van der Waals surface area contributed by atoms with Crippen molar-refractivity contribution in [1.82, 2.24) is 0 Å². The van der Waals surface area contributed by atoms with Crippen LogP contribution in [-0.4, -0.2) is 16.6 Å². The second kappa shape index (κ2) is 7.86. The molecule has 0 heterocycles. The molecule has 2 aromatic carbocycles. The highest BCUT2D eigenvalue weighted by Crippen LogP contribution is 2.29. The van der Waals surface area contributed by atoms with E-state index >= 15 is 0 Å². The highest BCUT2D eigenvalue weighted by atomic mass is 16.6. The van der Waals surface area contributed by atoms with E-state index in [4.69, 9.17) is 15.2 Å². The van der Waals surface area contributed by atoms with Gasteiger partial charge in [0.1, 0.15) is 17.1 Å². The Morgan fingerprint density at radius 3 is 2.38 bits per heavy atom. The van der Waals surface area contributed by atoms with E-state index < -0.39 is 16.6 Å². The van der Waals surface area contributed by atoms with E-state index in [2.05, 4.69) is 0 Å². The number of rotatable bonds is 7. The second-order valence-corrected chi connectivity index (χ2v) is 6.51. The summed E-state index contributed by atoms with van der Waals surface area (Å²) in [6, 6.07) is 11.7. The first kappa shape index (κ1) is 19.2. The summed E-state index contributed by atoms with van der Waals surface area (Å²) < 4.78 is 11.0. The minimum absolute atomic E-state index is 0.0140. The van der Waals surface area contributed by atoms with Gasteiger partial charge >= 0.3 is 6.09 Å². The fraction of sp³-hybridized carbons (Fsp3) is 0.316. The number of nitrogens with zero attached hydrogens (tertiary/aromatic N) is 1. The molecule has 7 nitrogen and oxygen atoms in total. The predicted octanol–water partition coefficient (Wildman–Crippen LogP) is 4.37. The van der Waals surface area contributed by atoms with Crippen molar-refractivity contribution in [2.75, 3.05) is 0 Å². The van der Waals surface area contributed by atoms with Crippen LogP contribution in [0.3, 0.4) is 0 Å². The van der Waals surface area contributed by atoms with Crippen LogP contribution in [0.25, 0.3) is 0 Å². The van der Waals surface area contributed by atoms with E-state index in [9.17, 15) is 14.9 Å². The van der Waals surface area contributed by atoms with Crippen molar-refractivity contribution in [2.24, 2.45) is 5.73 Å². The van der Waals surface area contributed by atoms with Gasteiger partial charge in [-0.05, 0) is 49.6 Å². The quantitative estimate of drug-likeness (QED) is 0.584. The zero-order valence-corrected chi connectivity index (χ0v) is 15.0. The lowest BCUT2D eigenvalue weighted by Gasteiger charge is -2.24. The number of amides is 1. The molecule has 7 heteroatoms. The summed E-state index contributed by atoms with van der Waals surface area (Å²) in [4.78, 5) is 21.3. The van der Waals surface area contributed by atoms with Crippen molar-refractivity contribution in [3.8, 4) is 11.5 Å². The predicted molar refractivity (Wildman–Crippen MR) is 97.4 cm³/mol. The van der Waals surface area contributed by atoms with Crippen molar-refractivity contribution in [3.63, 3.8) is 0 Å². The minimum Gasteiger partial charge on any atom is -0.457 e. The molecule has 26 heavy (non-hydrogen) atoms. The van der Waals surface area contributed by atoms with Gasteiger partial charge in [-0.25, -0.2) is 4.79 Å². The summed E-state index contributed by atoms with van der Waals surface area (Å²) in [6.07, 6.45) is 0.456. The zero-order chi connectivity index (χ0) is 19.3. The molecule has 0 radical (unpaired) electrons. The number of nitro groups is 1. The standard InChI is InChI=1S/C19H22N2O5/c1-4-14-11-13(12-19(2,3)26-18(20)22)5-10-17(14)25-16-8-6-15(7-9-16)21(23)24/h5-11H,4,12H2,1-3H3,(H2,20,22). The topological polar surface area (TPSA) is 105 Å². The molecular weight excluding hydrogens is 336 g/mol. The third-order valence-electron chi connectivity index (χ3n) is 3.79. The van der Waals surface area contributed by atoms with Crippen LogP contribution in [0.15, 0.2) is 42.5 Å². The molecule has 0 aliphatic carbocycles. The molecule has 138 valence electrons. The average molecular weight is 358 g/mol. The van der Waals surface area contributed by atoms with Crippen molar-refractivity contribution < 1.29 is 19.2 Å². The molecule has 2 aromatic rings. The minimum atomic E-state index is -0.802. The van der Waals surface area contributed by atoms with Crippen LogP contribution in [-0.2, 0) is 17.6 Å². The molecule has 0 aliphatic heterocycles. The van der Waals surface area contributed by atoms with Crippen molar-refractivity contribution in [2.45, 2.75) is 39.2 Å². The van der Waals surface area contributed by atoms with Crippen LogP contribution in [0.5, 0.6) is 11.5 Å². The first-order valence-corrected chi connectivity index (χ1v) is 8.23. The summed E-state index contributed by atoms with van der Waals surface area (Å²) in [7, 11) is 0. The molecule has 1 amide bonds. The normalized spacial score (nSPS) is 11.0. The zero-order valence-electron chi connectivity index (χ0n) is 15.0. The van der Waals surface area contributed by atoms with Gasteiger partial charge in [-0.15, -0.1) is 0 Å². The van der Waals surface area contributed by atoms with Gasteiger partial charge in [-0.1, -0.05) is 19.1 Å². The van der Waals surface area contributed by atoms with E-state index in [-0.39, 0.29) is 5.69 Å². The molecule has 0 unspecified atom stereocenters. The fourth-order valence-electron chi connectivity index (χ4n) is 2.68. The maximum Gasteiger partial charge on any atom is 0.405 e. The monoisotopic (exact) mass is 358 g/mol. The number of primary amides is 1. The van der Waals surface area contributed by atoms with Gasteiger partial charge < -0.3 is 15.2 Å². The largest absolute Gasteiger partial charge is 0.457 e. The molecule has 0 saturated heterocycles. The Bertz CT molecular complexity index is 800. The third kappa shape index (κ3) is 5.20. The maximum absolute atomic E-state index is 11.0. The van der Waals surface area contributed by atoms with Crippen LogP contribution in [0.1, 0.15) is 31.9 Å².